The Kier molecular flexibility index (Phi) is 2.87. The van der Waals surface area contributed by atoms with Gasteiger partial charge in [0.05, 0.1) is 13.2 Å². The lowest BCUT2D eigenvalue weighted by Crippen LogP contribution is -1.95. The minimum Gasteiger partial charge on any atom is -0.372 e. The second kappa shape index (κ2) is 4.76. The molecule has 104 valence electrons. The summed E-state index contributed by atoms with van der Waals surface area (Å²) in [5.41, 5.74) is 3.33. The Morgan fingerprint density at radius 2 is 1.90 bits per heavy atom. The molecule has 0 atom stereocenters. The Balaban J connectivity index is 1.92. The molecule has 1 aromatic heterocycles. The van der Waals surface area contributed by atoms with Gasteiger partial charge in [0.25, 0.3) is 0 Å². The number of para-hydroxylation sites is 1. The van der Waals surface area contributed by atoms with Crippen LogP contribution in [0, 0.1) is 5.82 Å². The Morgan fingerprint density at radius 3 is 2.81 bits per heavy atom. The van der Waals surface area contributed by atoms with Crippen LogP contribution < -0.4 is 0 Å². The summed E-state index contributed by atoms with van der Waals surface area (Å²) >= 11 is 6.16. The lowest BCUT2D eigenvalue weighted by atomic mass is 10.1. The predicted molar refractivity (Wildman–Crippen MR) is 78.4 cm³/mol. The van der Waals surface area contributed by atoms with Crippen LogP contribution >= 0.6 is 11.6 Å². The van der Waals surface area contributed by atoms with Gasteiger partial charge in [0.2, 0.25) is 0 Å². The Morgan fingerprint density at radius 1 is 1.05 bits per heavy atom. The monoisotopic (exact) mass is 300 g/mol. The third-order valence-electron chi connectivity index (χ3n) is 3.61. The zero-order valence-corrected chi connectivity index (χ0v) is 11.7. The first-order chi connectivity index (χ1) is 10.2. The predicted octanol–water partition coefficient (Wildman–Crippen LogP) is 4.12. The number of hydrogen-bond donors (Lipinski definition) is 0. The van der Waals surface area contributed by atoms with Gasteiger partial charge in [-0.1, -0.05) is 29.8 Å². The molecule has 1 aliphatic rings. The van der Waals surface area contributed by atoms with E-state index in [0.717, 1.165) is 16.7 Å². The fourth-order valence-electron chi connectivity index (χ4n) is 2.52. The molecule has 4 rings (SSSR count). The Labute approximate surface area is 125 Å². The van der Waals surface area contributed by atoms with Gasteiger partial charge in [-0.2, -0.15) is 0 Å². The molecule has 0 unspecified atom stereocenters. The molecule has 21 heavy (non-hydrogen) atoms. The van der Waals surface area contributed by atoms with Crippen molar-refractivity contribution in [3.63, 3.8) is 0 Å². The lowest BCUT2D eigenvalue weighted by molar-refractivity contribution is 0.134. The van der Waals surface area contributed by atoms with Crippen molar-refractivity contribution in [2.24, 2.45) is 0 Å². The molecule has 3 nitrogen and oxygen atoms in total. The van der Waals surface area contributed by atoms with Crippen LogP contribution in [0.4, 0.5) is 4.39 Å². The molecule has 0 saturated carbocycles. The highest BCUT2D eigenvalue weighted by molar-refractivity contribution is 6.34. The maximum absolute atomic E-state index is 13.9. The van der Waals surface area contributed by atoms with E-state index >= 15 is 0 Å². The number of nitrogens with zero attached hydrogens (tertiary/aromatic N) is 2. The van der Waals surface area contributed by atoms with Crippen LogP contribution in [0.3, 0.4) is 0 Å². The summed E-state index contributed by atoms with van der Waals surface area (Å²) < 4.78 is 19.3. The first-order valence-electron chi connectivity index (χ1n) is 6.54. The van der Waals surface area contributed by atoms with E-state index in [4.69, 9.17) is 16.3 Å². The molecule has 2 aromatic carbocycles. The molecule has 2 heterocycles. The van der Waals surface area contributed by atoms with Gasteiger partial charge < -0.3 is 4.74 Å². The molecule has 1 aliphatic heterocycles. The van der Waals surface area contributed by atoms with Gasteiger partial charge >= 0.3 is 0 Å². The first kappa shape index (κ1) is 12.7. The molecule has 5 heteroatoms. The topological polar surface area (TPSA) is 35.0 Å². The van der Waals surface area contributed by atoms with Crippen LogP contribution in [0.5, 0.6) is 0 Å². The van der Waals surface area contributed by atoms with E-state index in [9.17, 15) is 4.39 Å². The molecule has 0 N–H and O–H groups in total. The Bertz CT molecular complexity index is 866. The molecule has 3 aromatic rings. The minimum absolute atomic E-state index is 0.240. The third kappa shape index (κ3) is 2.07. The van der Waals surface area contributed by atoms with Crippen LogP contribution in [0.25, 0.3) is 22.3 Å². The summed E-state index contributed by atoms with van der Waals surface area (Å²) in [5.74, 6) is 0.0230. The average molecular weight is 301 g/mol. The summed E-state index contributed by atoms with van der Waals surface area (Å²) in [5, 5.41) is 0.774. The zero-order valence-electron chi connectivity index (χ0n) is 10.9. The van der Waals surface area contributed by atoms with E-state index in [-0.39, 0.29) is 10.7 Å². The lowest BCUT2D eigenvalue weighted by Gasteiger charge is -2.06. The number of benzene rings is 2. The van der Waals surface area contributed by atoms with Crippen molar-refractivity contribution >= 4 is 22.5 Å². The number of rotatable bonds is 1. The van der Waals surface area contributed by atoms with E-state index in [1.165, 1.54) is 6.07 Å². The van der Waals surface area contributed by atoms with E-state index < -0.39 is 5.82 Å². The number of aromatic nitrogens is 2. The summed E-state index contributed by atoms with van der Waals surface area (Å²) in [4.78, 5) is 8.60. The fraction of sp³-hybridized carbons (Fsp3) is 0.125. The molecule has 0 saturated heterocycles. The molecular formula is C16H10ClFN2O. The molecular weight excluding hydrogens is 291 g/mol. The summed E-state index contributed by atoms with van der Waals surface area (Å²) in [6.07, 6.45) is 0. The average Bonchev–Trinajstić information content (AvgIpc) is 2.95. The van der Waals surface area contributed by atoms with E-state index in [2.05, 4.69) is 9.97 Å². The standard InChI is InChI=1S/C16H10ClFN2O/c17-15-12-2-1-3-13(18)14(12)19-16(20-15)9-4-5-10-7-21-8-11(10)6-9/h1-6H,7-8H2. The van der Waals surface area contributed by atoms with Crippen LogP contribution in [0.15, 0.2) is 36.4 Å². The summed E-state index contributed by atoms with van der Waals surface area (Å²) in [6, 6.07) is 10.5. The van der Waals surface area contributed by atoms with Crippen molar-refractivity contribution < 1.29 is 9.13 Å². The smallest absolute Gasteiger partial charge is 0.161 e. The largest absolute Gasteiger partial charge is 0.372 e. The Hall–Kier alpha value is -2.04. The van der Waals surface area contributed by atoms with Crippen molar-refractivity contribution in [1.29, 1.82) is 0 Å². The van der Waals surface area contributed by atoms with Crippen molar-refractivity contribution in [1.82, 2.24) is 9.97 Å². The number of hydrogen-bond acceptors (Lipinski definition) is 3. The maximum atomic E-state index is 13.9. The quantitative estimate of drug-likeness (QED) is 0.634. The molecule has 0 amide bonds. The first-order valence-corrected chi connectivity index (χ1v) is 6.92. The van der Waals surface area contributed by atoms with Gasteiger partial charge in [-0.05, 0) is 29.3 Å². The van der Waals surface area contributed by atoms with Crippen LogP contribution in [-0.2, 0) is 18.0 Å². The second-order valence-corrected chi connectivity index (χ2v) is 5.31. The highest BCUT2D eigenvalue weighted by atomic mass is 35.5. The van der Waals surface area contributed by atoms with Crippen molar-refractivity contribution in [3.05, 3.63) is 58.5 Å². The highest BCUT2D eigenvalue weighted by Crippen LogP contribution is 2.29. The van der Waals surface area contributed by atoms with Crippen molar-refractivity contribution in [2.75, 3.05) is 0 Å². The van der Waals surface area contributed by atoms with Crippen molar-refractivity contribution in [2.45, 2.75) is 13.2 Å². The SMILES string of the molecule is Fc1cccc2c(Cl)nc(-c3ccc4c(c3)COC4)nc12. The van der Waals surface area contributed by atoms with Gasteiger partial charge in [-0.3, -0.25) is 0 Å². The third-order valence-corrected chi connectivity index (χ3v) is 3.90. The van der Waals surface area contributed by atoms with Crippen LogP contribution in [0.2, 0.25) is 5.15 Å². The molecule has 0 aliphatic carbocycles. The second-order valence-electron chi connectivity index (χ2n) is 4.95. The maximum Gasteiger partial charge on any atom is 0.161 e. The van der Waals surface area contributed by atoms with E-state index in [1.807, 2.05) is 18.2 Å². The summed E-state index contributed by atoms with van der Waals surface area (Å²) in [6.45, 7) is 1.21. The molecule has 0 spiro atoms. The van der Waals surface area contributed by atoms with Gasteiger partial charge in [0, 0.05) is 10.9 Å². The molecule has 0 radical (unpaired) electrons. The number of ether oxygens (including phenoxy) is 1. The van der Waals surface area contributed by atoms with Gasteiger partial charge in [0.1, 0.15) is 16.5 Å². The number of fused-ring (bicyclic) bond motifs is 2. The molecule has 0 fully saturated rings. The van der Waals surface area contributed by atoms with Crippen LogP contribution in [0.1, 0.15) is 11.1 Å². The molecule has 0 bridgehead atoms. The van der Waals surface area contributed by atoms with Gasteiger partial charge in [0.15, 0.2) is 5.82 Å². The van der Waals surface area contributed by atoms with Gasteiger partial charge in [-0.25, -0.2) is 14.4 Å². The van der Waals surface area contributed by atoms with Crippen molar-refractivity contribution in [3.8, 4) is 11.4 Å². The fourth-order valence-corrected chi connectivity index (χ4v) is 2.75. The van der Waals surface area contributed by atoms with E-state index in [1.54, 1.807) is 12.1 Å². The normalized spacial score (nSPS) is 13.6. The van der Waals surface area contributed by atoms with Gasteiger partial charge in [-0.15, -0.1) is 0 Å². The zero-order chi connectivity index (χ0) is 14.4. The highest BCUT2D eigenvalue weighted by Gasteiger charge is 2.15. The number of halogens is 2. The van der Waals surface area contributed by atoms with E-state index in [0.29, 0.717) is 24.4 Å². The minimum atomic E-state index is -0.400. The van der Waals surface area contributed by atoms with Crippen LogP contribution in [-0.4, -0.2) is 9.97 Å². The summed E-state index contributed by atoms with van der Waals surface area (Å²) in [7, 11) is 0.